The van der Waals surface area contributed by atoms with E-state index < -0.39 is 0 Å². The summed E-state index contributed by atoms with van der Waals surface area (Å²) in [6.07, 6.45) is 4.53. The van der Waals surface area contributed by atoms with E-state index in [-0.39, 0.29) is 0 Å². The van der Waals surface area contributed by atoms with Crippen molar-refractivity contribution in [2.45, 2.75) is 32.0 Å². The van der Waals surface area contributed by atoms with Crippen molar-refractivity contribution in [3.05, 3.63) is 16.4 Å². The Balaban J connectivity index is 1.93. The van der Waals surface area contributed by atoms with E-state index in [0.717, 1.165) is 30.1 Å². The first-order valence-corrected chi connectivity index (χ1v) is 6.54. The molecule has 5 heteroatoms. The quantitative estimate of drug-likeness (QED) is 0.860. The van der Waals surface area contributed by atoms with Gasteiger partial charge in [-0.2, -0.15) is 5.10 Å². The largest absolute Gasteiger partial charge is 0.308 e. The molecule has 0 unspecified atom stereocenters. The van der Waals surface area contributed by atoms with Crippen LogP contribution in [0.4, 0.5) is 0 Å². The Morgan fingerprint density at radius 3 is 2.94 bits per heavy atom. The summed E-state index contributed by atoms with van der Waals surface area (Å²) in [6.45, 7) is 2.88. The van der Waals surface area contributed by atoms with Crippen LogP contribution in [0.2, 0.25) is 0 Å². The monoisotopic (exact) mass is 286 g/mol. The molecular formula is C11H19BrN4. The summed E-state index contributed by atoms with van der Waals surface area (Å²) < 4.78 is 3.19. The molecule has 0 amide bonds. The Morgan fingerprint density at radius 1 is 1.56 bits per heavy atom. The molecule has 1 aromatic heterocycles. The summed E-state index contributed by atoms with van der Waals surface area (Å²) in [4.78, 5) is 2.17. The van der Waals surface area contributed by atoms with Gasteiger partial charge in [0.05, 0.1) is 22.9 Å². The minimum atomic E-state index is 0.740. The van der Waals surface area contributed by atoms with Gasteiger partial charge in [-0.25, -0.2) is 0 Å². The summed E-state index contributed by atoms with van der Waals surface area (Å²) in [5.74, 6) is 0. The van der Waals surface area contributed by atoms with Crippen LogP contribution in [0.3, 0.4) is 0 Å². The van der Waals surface area contributed by atoms with E-state index in [2.05, 4.69) is 50.0 Å². The van der Waals surface area contributed by atoms with E-state index >= 15 is 0 Å². The van der Waals surface area contributed by atoms with Crippen LogP contribution < -0.4 is 5.32 Å². The first-order chi connectivity index (χ1) is 7.66. The topological polar surface area (TPSA) is 33.1 Å². The summed E-state index contributed by atoms with van der Waals surface area (Å²) in [7, 11) is 4.17. The molecule has 0 aromatic carbocycles. The maximum atomic E-state index is 4.39. The van der Waals surface area contributed by atoms with Crippen LogP contribution in [0.5, 0.6) is 0 Å². The second-order valence-electron chi connectivity index (χ2n) is 4.62. The van der Waals surface area contributed by atoms with Crippen molar-refractivity contribution >= 4 is 15.9 Å². The number of hydrogen-bond acceptors (Lipinski definition) is 3. The van der Waals surface area contributed by atoms with Crippen LogP contribution in [0.25, 0.3) is 0 Å². The average molecular weight is 287 g/mol. The predicted octanol–water partition coefficient (Wildman–Crippen LogP) is 1.46. The lowest BCUT2D eigenvalue weighted by atomic mass is 10.4. The van der Waals surface area contributed by atoms with E-state index in [1.807, 2.05) is 6.20 Å². The summed E-state index contributed by atoms with van der Waals surface area (Å²) in [6, 6.07) is 0.740. The fourth-order valence-electron chi connectivity index (χ4n) is 1.58. The Morgan fingerprint density at radius 2 is 2.31 bits per heavy atom. The highest BCUT2D eigenvalue weighted by Crippen LogP contribution is 2.21. The average Bonchev–Trinajstić information content (AvgIpc) is 2.99. The van der Waals surface area contributed by atoms with E-state index in [1.165, 1.54) is 18.5 Å². The number of halogens is 1. The molecule has 1 heterocycles. The fraction of sp³-hybridized carbons (Fsp3) is 0.727. The lowest BCUT2D eigenvalue weighted by Gasteiger charge is -2.12. The highest BCUT2D eigenvalue weighted by Gasteiger charge is 2.21. The molecule has 1 aliphatic carbocycles. The fourth-order valence-corrected chi connectivity index (χ4v) is 2.02. The molecule has 0 saturated heterocycles. The van der Waals surface area contributed by atoms with E-state index in [4.69, 9.17) is 0 Å². The molecule has 1 aliphatic rings. The van der Waals surface area contributed by atoms with Crippen LogP contribution in [0.15, 0.2) is 10.7 Å². The second kappa shape index (κ2) is 5.29. The second-order valence-corrected chi connectivity index (χ2v) is 5.48. The zero-order valence-corrected chi connectivity index (χ0v) is 11.5. The van der Waals surface area contributed by atoms with Gasteiger partial charge in [0.15, 0.2) is 0 Å². The molecule has 0 atom stereocenters. The molecule has 0 bridgehead atoms. The molecule has 16 heavy (non-hydrogen) atoms. The van der Waals surface area contributed by atoms with Crippen molar-refractivity contribution in [2.75, 3.05) is 20.6 Å². The number of rotatable bonds is 6. The SMILES string of the molecule is CN(C)CCn1ncc(Br)c1CNC1CC1. The highest BCUT2D eigenvalue weighted by atomic mass is 79.9. The van der Waals surface area contributed by atoms with Crippen LogP contribution in [0.1, 0.15) is 18.5 Å². The Hall–Kier alpha value is -0.390. The molecule has 90 valence electrons. The lowest BCUT2D eigenvalue weighted by molar-refractivity contribution is 0.368. The van der Waals surface area contributed by atoms with E-state index in [0.29, 0.717) is 0 Å². The van der Waals surface area contributed by atoms with Crippen molar-refractivity contribution in [1.29, 1.82) is 0 Å². The molecule has 1 N–H and O–H groups in total. The number of likely N-dealkylation sites (N-methyl/N-ethyl adjacent to an activating group) is 1. The first kappa shape index (κ1) is 12.1. The molecule has 1 aromatic rings. The van der Waals surface area contributed by atoms with Crippen molar-refractivity contribution < 1.29 is 0 Å². The van der Waals surface area contributed by atoms with Gasteiger partial charge in [-0.3, -0.25) is 4.68 Å². The normalized spacial score (nSPS) is 16.0. The molecule has 1 saturated carbocycles. The van der Waals surface area contributed by atoms with Crippen molar-refractivity contribution in [3.63, 3.8) is 0 Å². The van der Waals surface area contributed by atoms with Gasteiger partial charge in [-0.1, -0.05) is 0 Å². The van der Waals surface area contributed by atoms with Gasteiger partial charge in [0.1, 0.15) is 0 Å². The number of aromatic nitrogens is 2. The zero-order valence-electron chi connectivity index (χ0n) is 9.91. The van der Waals surface area contributed by atoms with E-state index in [1.54, 1.807) is 0 Å². The van der Waals surface area contributed by atoms with Crippen molar-refractivity contribution in [3.8, 4) is 0 Å². The van der Waals surface area contributed by atoms with Crippen molar-refractivity contribution in [2.24, 2.45) is 0 Å². The van der Waals surface area contributed by atoms with Gasteiger partial charge in [0.2, 0.25) is 0 Å². The number of nitrogens with one attached hydrogen (secondary N) is 1. The minimum absolute atomic E-state index is 0.740. The third kappa shape index (κ3) is 3.30. The minimum Gasteiger partial charge on any atom is -0.308 e. The standard InChI is InChI=1S/C11H19BrN4/c1-15(2)5-6-16-11(10(12)7-14-16)8-13-9-3-4-9/h7,9,13H,3-6,8H2,1-2H3. The number of hydrogen-bond donors (Lipinski definition) is 1. The Bertz CT molecular complexity index is 344. The molecule has 4 nitrogen and oxygen atoms in total. The maximum Gasteiger partial charge on any atom is 0.0664 e. The lowest BCUT2D eigenvalue weighted by Crippen LogP contribution is -2.23. The molecular weight excluding hydrogens is 268 g/mol. The number of nitrogens with zero attached hydrogens (tertiary/aromatic N) is 3. The van der Waals surface area contributed by atoms with Gasteiger partial charge >= 0.3 is 0 Å². The van der Waals surface area contributed by atoms with Crippen LogP contribution in [-0.2, 0) is 13.1 Å². The molecule has 0 aliphatic heterocycles. The van der Waals surface area contributed by atoms with Crippen LogP contribution in [0, 0.1) is 0 Å². The van der Waals surface area contributed by atoms with Crippen LogP contribution >= 0.6 is 15.9 Å². The molecule has 0 spiro atoms. The first-order valence-electron chi connectivity index (χ1n) is 5.75. The summed E-state index contributed by atoms with van der Waals surface area (Å²) in [5, 5.41) is 7.91. The predicted molar refractivity (Wildman–Crippen MR) is 68.3 cm³/mol. The van der Waals surface area contributed by atoms with Crippen LogP contribution in [-0.4, -0.2) is 41.4 Å². The zero-order chi connectivity index (χ0) is 11.5. The van der Waals surface area contributed by atoms with E-state index in [9.17, 15) is 0 Å². The molecule has 2 rings (SSSR count). The molecule has 1 fully saturated rings. The third-order valence-corrected chi connectivity index (χ3v) is 3.45. The van der Waals surface area contributed by atoms with Gasteiger partial charge in [-0.05, 0) is 42.9 Å². The van der Waals surface area contributed by atoms with Gasteiger partial charge in [0.25, 0.3) is 0 Å². The summed E-state index contributed by atoms with van der Waals surface area (Å²) in [5.41, 5.74) is 1.26. The summed E-state index contributed by atoms with van der Waals surface area (Å²) >= 11 is 3.56. The van der Waals surface area contributed by atoms with Gasteiger partial charge in [0, 0.05) is 19.1 Å². The smallest absolute Gasteiger partial charge is 0.0664 e. The molecule has 0 radical (unpaired) electrons. The van der Waals surface area contributed by atoms with Crippen molar-refractivity contribution in [1.82, 2.24) is 20.0 Å². The van der Waals surface area contributed by atoms with Gasteiger partial charge < -0.3 is 10.2 Å². The highest BCUT2D eigenvalue weighted by molar-refractivity contribution is 9.10. The Labute approximate surface area is 105 Å². The Kier molecular flexibility index (Phi) is 4.00. The third-order valence-electron chi connectivity index (χ3n) is 2.79. The maximum absolute atomic E-state index is 4.39. The van der Waals surface area contributed by atoms with Gasteiger partial charge in [-0.15, -0.1) is 0 Å².